The van der Waals surface area contributed by atoms with E-state index in [4.69, 9.17) is 0 Å². The van der Waals surface area contributed by atoms with Crippen molar-refractivity contribution in [3.63, 3.8) is 0 Å². The van der Waals surface area contributed by atoms with E-state index < -0.39 is 0 Å². The number of nitrogens with zero attached hydrogens (tertiary/aromatic N) is 1. The maximum Gasteiger partial charge on any atom is 0.106 e. The Morgan fingerprint density at radius 2 is 1.78 bits per heavy atom. The average molecular weight is 308 g/mol. The summed E-state index contributed by atoms with van der Waals surface area (Å²) in [4.78, 5) is 2.27. The van der Waals surface area contributed by atoms with E-state index in [1.54, 1.807) is 0 Å². The van der Waals surface area contributed by atoms with Gasteiger partial charge in [0.05, 0.1) is 0 Å². The summed E-state index contributed by atoms with van der Waals surface area (Å²) in [5, 5.41) is 6.44. The van der Waals surface area contributed by atoms with Gasteiger partial charge in [-0.2, -0.15) is 0 Å². The standard InChI is InChI=1S/C21H28N2/c1-15(14-21(2,3)4)22-20-19-13-17-9-7-6-8-16(17)12-18(19)10-11-23(20)5/h6-13,15,20,22H,14H2,1-5H3/t15-,20?/m1/s1. The Bertz CT molecular complexity index is 724. The monoisotopic (exact) mass is 308 g/mol. The maximum absolute atomic E-state index is 3.82. The van der Waals surface area contributed by atoms with Crippen molar-refractivity contribution < 1.29 is 0 Å². The lowest BCUT2D eigenvalue weighted by atomic mass is 9.88. The van der Waals surface area contributed by atoms with E-state index in [1.807, 2.05) is 0 Å². The molecule has 2 aromatic rings. The fourth-order valence-corrected chi connectivity index (χ4v) is 3.61. The molecular formula is C21H28N2. The minimum atomic E-state index is 0.233. The van der Waals surface area contributed by atoms with Crippen molar-refractivity contribution in [3.05, 3.63) is 53.7 Å². The average Bonchev–Trinajstić information content (AvgIpc) is 2.47. The van der Waals surface area contributed by atoms with Gasteiger partial charge in [-0.15, -0.1) is 0 Å². The van der Waals surface area contributed by atoms with Crippen LogP contribution in [0.25, 0.3) is 16.8 Å². The number of hydrogen-bond acceptors (Lipinski definition) is 2. The first-order valence-corrected chi connectivity index (χ1v) is 8.52. The zero-order chi connectivity index (χ0) is 16.6. The maximum atomic E-state index is 3.82. The largest absolute Gasteiger partial charge is 0.361 e. The van der Waals surface area contributed by atoms with Gasteiger partial charge in [-0.1, -0.05) is 45.0 Å². The van der Waals surface area contributed by atoms with E-state index in [9.17, 15) is 0 Å². The van der Waals surface area contributed by atoms with Crippen LogP contribution >= 0.6 is 0 Å². The van der Waals surface area contributed by atoms with E-state index in [1.165, 1.54) is 21.9 Å². The Morgan fingerprint density at radius 1 is 1.13 bits per heavy atom. The first-order chi connectivity index (χ1) is 10.8. The Kier molecular flexibility index (Phi) is 4.20. The van der Waals surface area contributed by atoms with Gasteiger partial charge in [0.1, 0.15) is 6.17 Å². The minimum Gasteiger partial charge on any atom is -0.361 e. The van der Waals surface area contributed by atoms with Crippen molar-refractivity contribution in [2.45, 2.75) is 46.3 Å². The van der Waals surface area contributed by atoms with Crippen molar-refractivity contribution in [2.75, 3.05) is 7.05 Å². The van der Waals surface area contributed by atoms with Crippen molar-refractivity contribution in [2.24, 2.45) is 5.41 Å². The SMILES string of the molecule is C[C@H](CC(C)(C)C)NC1c2cc3ccccc3cc2C=CN1C. The fraction of sp³-hybridized carbons (Fsp3) is 0.429. The summed E-state index contributed by atoms with van der Waals surface area (Å²) in [6.45, 7) is 9.20. The Labute approximate surface area is 140 Å². The zero-order valence-electron chi connectivity index (χ0n) is 14.9. The van der Waals surface area contributed by atoms with Gasteiger partial charge in [-0.3, -0.25) is 5.32 Å². The molecule has 3 rings (SSSR count). The molecule has 1 unspecified atom stereocenters. The number of benzene rings is 2. The number of rotatable bonds is 3. The Balaban J connectivity index is 1.93. The van der Waals surface area contributed by atoms with Crippen LogP contribution in [0.5, 0.6) is 0 Å². The first kappa shape index (κ1) is 16.1. The van der Waals surface area contributed by atoms with Crippen LogP contribution in [0.3, 0.4) is 0 Å². The molecule has 0 aromatic heterocycles. The lowest BCUT2D eigenvalue weighted by Gasteiger charge is -2.36. The van der Waals surface area contributed by atoms with Crippen LogP contribution in [-0.2, 0) is 0 Å². The molecule has 0 amide bonds. The molecule has 0 aliphatic carbocycles. The molecule has 122 valence electrons. The van der Waals surface area contributed by atoms with E-state index in [-0.39, 0.29) is 6.17 Å². The van der Waals surface area contributed by atoms with Crippen LogP contribution in [0.4, 0.5) is 0 Å². The predicted octanol–water partition coefficient (Wildman–Crippen LogP) is 5.17. The zero-order valence-corrected chi connectivity index (χ0v) is 14.9. The summed E-state index contributed by atoms with van der Waals surface area (Å²) in [6.07, 6.45) is 5.79. The summed E-state index contributed by atoms with van der Waals surface area (Å²) < 4.78 is 0. The van der Waals surface area contributed by atoms with Crippen LogP contribution < -0.4 is 5.32 Å². The molecule has 1 heterocycles. The Hall–Kier alpha value is -1.80. The highest BCUT2D eigenvalue weighted by Crippen LogP contribution is 2.32. The van der Waals surface area contributed by atoms with Gasteiger partial charge in [0, 0.05) is 19.3 Å². The molecule has 2 atom stereocenters. The topological polar surface area (TPSA) is 15.3 Å². The predicted molar refractivity (Wildman–Crippen MR) is 100 cm³/mol. The molecule has 1 N–H and O–H groups in total. The quantitative estimate of drug-likeness (QED) is 0.841. The van der Waals surface area contributed by atoms with Gasteiger partial charge in [-0.25, -0.2) is 0 Å². The fourth-order valence-electron chi connectivity index (χ4n) is 3.61. The van der Waals surface area contributed by atoms with Crippen molar-refractivity contribution >= 4 is 16.8 Å². The lowest BCUT2D eigenvalue weighted by Crippen LogP contribution is -2.41. The number of hydrogen-bond donors (Lipinski definition) is 1. The van der Waals surface area contributed by atoms with E-state index in [0.29, 0.717) is 11.5 Å². The summed E-state index contributed by atoms with van der Waals surface area (Å²) in [5.74, 6) is 0. The van der Waals surface area contributed by atoms with Crippen molar-refractivity contribution in [1.29, 1.82) is 0 Å². The van der Waals surface area contributed by atoms with Crippen molar-refractivity contribution in [1.82, 2.24) is 10.2 Å². The third kappa shape index (κ3) is 3.59. The molecule has 0 bridgehead atoms. The van der Waals surface area contributed by atoms with E-state index >= 15 is 0 Å². The van der Waals surface area contributed by atoms with Crippen LogP contribution in [0.15, 0.2) is 42.6 Å². The smallest absolute Gasteiger partial charge is 0.106 e. The Morgan fingerprint density at radius 3 is 2.43 bits per heavy atom. The minimum absolute atomic E-state index is 0.233. The van der Waals surface area contributed by atoms with Gasteiger partial charge in [0.2, 0.25) is 0 Å². The van der Waals surface area contributed by atoms with E-state index in [0.717, 1.165) is 6.42 Å². The summed E-state index contributed by atoms with van der Waals surface area (Å²) in [6, 6.07) is 13.7. The summed E-state index contributed by atoms with van der Waals surface area (Å²) in [5.41, 5.74) is 3.03. The second kappa shape index (κ2) is 6.01. The number of fused-ring (bicyclic) bond motifs is 2. The van der Waals surface area contributed by atoms with Crippen molar-refractivity contribution in [3.8, 4) is 0 Å². The van der Waals surface area contributed by atoms with Gasteiger partial charge < -0.3 is 4.90 Å². The van der Waals surface area contributed by atoms with Gasteiger partial charge >= 0.3 is 0 Å². The second-order valence-corrected chi connectivity index (χ2v) is 8.04. The third-order valence-electron chi connectivity index (χ3n) is 4.50. The van der Waals surface area contributed by atoms with Crippen LogP contribution in [0.2, 0.25) is 0 Å². The highest BCUT2D eigenvalue weighted by Gasteiger charge is 2.24. The molecule has 2 nitrogen and oxygen atoms in total. The highest BCUT2D eigenvalue weighted by atomic mass is 15.2. The molecule has 0 fully saturated rings. The highest BCUT2D eigenvalue weighted by molar-refractivity contribution is 5.86. The molecule has 1 aliphatic heterocycles. The second-order valence-electron chi connectivity index (χ2n) is 8.04. The molecule has 2 heteroatoms. The van der Waals surface area contributed by atoms with Crippen LogP contribution in [0, 0.1) is 5.41 Å². The summed E-state index contributed by atoms with van der Waals surface area (Å²) >= 11 is 0. The van der Waals surface area contributed by atoms with Gasteiger partial charge in [0.25, 0.3) is 0 Å². The van der Waals surface area contributed by atoms with E-state index in [2.05, 4.69) is 93.6 Å². The van der Waals surface area contributed by atoms with Crippen LogP contribution in [0.1, 0.15) is 51.4 Å². The van der Waals surface area contributed by atoms with Gasteiger partial charge in [-0.05, 0) is 58.9 Å². The third-order valence-corrected chi connectivity index (χ3v) is 4.50. The molecule has 0 saturated heterocycles. The number of nitrogens with one attached hydrogen (secondary N) is 1. The first-order valence-electron chi connectivity index (χ1n) is 8.52. The molecule has 0 spiro atoms. The molecular weight excluding hydrogens is 280 g/mol. The normalized spacial score (nSPS) is 19.0. The van der Waals surface area contributed by atoms with Crippen LogP contribution in [-0.4, -0.2) is 18.0 Å². The molecule has 2 aromatic carbocycles. The lowest BCUT2D eigenvalue weighted by molar-refractivity contribution is 0.223. The molecule has 0 radical (unpaired) electrons. The summed E-state index contributed by atoms with van der Waals surface area (Å²) in [7, 11) is 2.15. The molecule has 1 aliphatic rings. The molecule has 23 heavy (non-hydrogen) atoms. The molecule has 0 saturated carbocycles. The van der Waals surface area contributed by atoms with Gasteiger partial charge in [0.15, 0.2) is 0 Å².